The summed E-state index contributed by atoms with van der Waals surface area (Å²) in [5, 5.41) is 9.66. The van der Waals surface area contributed by atoms with E-state index in [-0.39, 0.29) is 36.1 Å². The second-order valence-corrected chi connectivity index (χ2v) is 7.69. The zero-order chi connectivity index (χ0) is 24.3. The van der Waals surface area contributed by atoms with Crippen LogP contribution in [0.4, 0.5) is 13.2 Å². The predicted octanol–water partition coefficient (Wildman–Crippen LogP) is 5.45. The first kappa shape index (κ1) is 22.9. The standard InChI is InChI=1S/C26H18F3N3O2/c27-26(28,29)19-12-10-18(11-13-19)23(16-30)31-22(17-6-2-1-3-7-17)14-15-32-24(33)20-8-4-5-9-21(20)25(32)34/h1-13,22H,14-15H2/b31-23+/t22-/m1/s1. The third-order valence-electron chi connectivity index (χ3n) is 5.57. The summed E-state index contributed by atoms with van der Waals surface area (Å²) < 4.78 is 38.7. The van der Waals surface area contributed by atoms with Crippen molar-refractivity contribution in [1.29, 1.82) is 5.26 Å². The Morgan fingerprint density at radius 1 is 0.882 bits per heavy atom. The van der Waals surface area contributed by atoms with E-state index >= 15 is 0 Å². The highest BCUT2D eigenvalue weighted by molar-refractivity contribution is 6.21. The van der Waals surface area contributed by atoms with Gasteiger partial charge in [-0.3, -0.25) is 19.5 Å². The number of nitriles is 1. The van der Waals surface area contributed by atoms with Gasteiger partial charge in [-0.2, -0.15) is 18.4 Å². The largest absolute Gasteiger partial charge is 0.416 e. The molecule has 0 bridgehead atoms. The highest BCUT2D eigenvalue weighted by atomic mass is 19.4. The molecule has 1 aliphatic heterocycles. The molecule has 0 unspecified atom stereocenters. The summed E-state index contributed by atoms with van der Waals surface area (Å²) >= 11 is 0. The van der Waals surface area contributed by atoms with E-state index in [0.717, 1.165) is 22.6 Å². The number of rotatable bonds is 6. The molecule has 0 radical (unpaired) electrons. The van der Waals surface area contributed by atoms with Crippen LogP contribution >= 0.6 is 0 Å². The molecule has 170 valence electrons. The minimum Gasteiger partial charge on any atom is -0.274 e. The fraction of sp³-hybridized carbons (Fsp3) is 0.154. The smallest absolute Gasteiger partial charge is 0.274 e. The van der Waals surface area contributed by atoms with Gasteiger partial charge in [0, 0.05) is 12.1 Å². The molecule has 1 heterocycles. The van der Waals surface area contributed by atoms with Gasteiger partial charge in [-0.05, 0) is 36.2 Å². The summed E-state index contributed by atoms with van der Waals surface area (Å²) in [6.45, 7) is 0.0706. The van der Waals surface area contributed by atoms with Gasteiger partial charge in [-0.25, -0.2) is 0 Å². The first-order valence-electron chi connectivity index (χ1n) is 10.5. The lowest BCUT2D eigenvalue weighted by molar-refractivity contribution is -0.137. The first-order valence-corrected chi connectivity index (χ1v) is 10.5. The summed E-state index contributed by atoms with van der Waals surface area (Å²) in [7, 11) is 0. The van der Waals surface area contributed by atoms with Crippen LogP contribution in [0.25, 0.3) is 0 Å². The predicted molar refractivity (Wildman–Crippen MR) is 119 cm³/mol. The minimum atomic E-state index is -4.48. The molecule has 3 aromatic rings. The number of benzene rings is 3. The van der Waals surface area contributed by atoms with E-state index in [1.807, 2.05) is 12.1 Å². The van der Waals surface area contributed by atoms with E-state index in [1.54, 1.807) is 48.5 Å². The molecule has 0 fully saturated rings. The number of fused-ring (bicyclic) bond motifs is 1. The zero-order valence-electron chi connectivity index (χ0n) is 17.8. The van der Waals surface area contributed by atoms with Gasteiger partial charge in [-0.1, -0.05) is 54.6 Å². The van der Waals surface area contributed by atoms with Crippen LogP contribution in [-0.2, 0) is 6.18 Å². The van der Waals surface area contributed by atoms with Crippen molar-refractivity contribution in [3.63, 3.8) is 0 Å². The quantitative estimate of drug-likeness (QED) is 0.362. The van der Waals surface area contributed by atoms with Gasteiger partial charge in [0.15, 0.2) is 0 Å². The number of aliphatic imine (C=N–C) groups is 1. The van der Waals surface area contributed by atoms with Crippen molar-refractivity contribution in [2.45, 2.75) is 18.6 Å². The van der Waals surface area contributed by atoms with Crippen molar-refractivity contribution >= 4 is 17.5 Å². The average molecular weight is 461 g/mol. The van der Waals surface area contributed by atoms with E-state index < -0.39 is 17.8 Å². The van der Waals surface area contributed by atoms with Crippen LogP contribution in [0.1, 0.15) is 49.9 Å². The normalized spacial score (nSPS) is 14.6. The molecule has 3 aromatic carbocycles. The lowest BCUT2D eigenvalue weighted by Crippen LogP contribution is -2.31. The zero-order valence-corrected chi connectivity index (χ0v) is 17.8. The maximum Gasteiger partial charge on any atom is 0.416 e. The molecule has 1 atom stereocenters. The number of alkyl halides is 3. The molecular weight excluding hydrogens is 443 g/mol. The first-order chi connectivity index (χ1) is 16.3. The van der Waals surface area contributed by atoms with Crippen LogP contribution < -0.4 is 0 Å². The van der Waals surface area contributed by atoms with Gasteiger partial charge < -0.3 is 0 Å². The van der Waals surface area contributed by atoms with Gasteiger partial charge in [-0.15, -0.1) is 0 Å². The van der Waals surface area contributed by atoms with E-state index in [9.17, 15) is 28.0 Å². The summed E-state index contributed by atoms with van der Waals surface area (Å²) in [6.07, 6.45) is -4.25. The van der Waals surface area contributed by atoms with Crippen molar-refractivity contribution in [1.82, 2.24) is 4.90 Å². The Hall–Kier alpha value is -4.25. The molecule has 0 N–H and O–H groups in total. The van der Waals surface area contributed by atoms with E-state index in [0.29, 0.717) is 11.1 Å². The van der Waals surface area contributed by atoms with Gasteiger partial charge in [0.2, 0.25) is 0 Å². The molecule has 8 heteroatoms. The Kier molecular flexibility index (Phi) is 6.28. The maximum absolute atomic E-state index is 12.9. The number of nitrogens with zero attached hydrogens (tertiary/aromatic N) is 3. The minimum absolute atomic E-state index is 0.0371. The number of halogens is 3. The molecule has 0 spiro atoms. The van der Waals surface area contributed by atoms with Crippen LogP contribution in [0.3, 0.4) is 0 Å². The maximum atomic E-state index is 12.9. The number of hydrogen-bond acceptors (Lipinski definition) is 4. The van der Waals surface area contributed by atoms with Gasteiger partial charge in [0.1, 0.15) is 11.8 Å². The molecule has 2 amide bonds. The highest BCUT2D eigenvalue weighted by Gasteiger charge is 2.35. The monoisotopic (exact) mass is 461 g/mol. The van der Waals surface area contributed by atoms with E-state index in [4.69, 9.17) is 0 Å². The number of carbonyl (C=O) groups excluding carboxylic acids is 2. The Bertz CT molecular complexity index is 1260. The van der Waals surface area contributed by atoms with Crippen LogP contribution in [-0.4, -0.2) is 29.0 Å². The lowest BCUT2D eigenvalue weighted by Gasteiger charge is -2.19. The molecule has 0 aliphatic carbocycles. The van der Waals surface area contributed by atoms with Gasteiger partial charge in [0.05, 0.1) is 22.7 Å². The van der Waals surface area contributed by atoms with Gasteiger partial charge in [0.25, 0.3) is 11.8 Å². The van der Waals surface area contributed by atoms with Gasteiger partial charge >= 0.3 is 6.18 Å². The van der Waals surface area contributed by atoms with Crippen molar-refractivity contribution in [2.75, 3.05) is 6.54 Å². The molecule has 0 saturated heterocycles. The second kappa shape index (κ2) is 9.32. The van der Waals surface area contributed by atoms with Crippen molar-refractivity contribution in [2.24, 2.45) is 4.99 Å². The van der Waals surface area contributed by atoms with Crippen molar-refractivity contribution in [3.05, 3.63) is 107 Å². The number of amides is 2. The topological polar surface area (TPSA) is 73.5 Å². The summed E-state index contributed by atoms with van der Waals surface area (Å²) in [5.41, 5.74) is 0.823. The SMILES string of the molecule is N#C/C(=N\[C@H](CCN1C(=O)c2ccccc2C1=O)c1ccccc1)c1ccc(C(F)(F)F)cc1. The van der Waals surface area contributed by atoms with Crippen LogP contribution in [0, 0.1) is 11.3 Å². The molecule has 0 aromatic heterocycles. The second-order valence-electron chi connectivity index (χ2n) is 7.69. The van der Waals surface area contributed by atoms with E-state index in [2.05, 4.69) is 4.99 Å². The summed E-state index contributed by atoms with van der Waals surface area (Å²) in [4.78, 5) is 31.1. The van der Waals surface area contributed by atoms with Crippen LogP contribution in [0.15, 0.2) is 83.9 Å². The average Bonchev–Trinajstić information content (AvgIpc) is 3.09. The number of carbonyl (C=O) groups is 2. The number of imide groups is 1. The highest BCUT2D eigenvalue weighted by Crippen LogP contribution is 2.30. The fourth-order valence-corrected chi connectivity index (χ4v) is 3.82. The lowest BCUT2D eigenvalue weighted by atomic mass is 10.0. The Morgan fingerprint density at radius 3 is 1.97 bits per heavy atom. The molecule has 5 nitrogen and oxygen atoms in total. The molecule has 34 heavy (non-hydrogen) atoms. The van der Waals surface area contributed by atoms with Crippen LogP contribution in [0.2, 0.25) is 0 Å². The van der Waals surface area contributed by atoms with Crippen molar-refractivity contribution in [3.8, 4) is 6.07 Å². The summed E-state index contributed by atoms with van der Waals surface area (Å²) in [5.74, 6) is -0.778. The third-order valence-corrected chi connectivity index (χ3v) is 5.57. The molecule has 1 aliphatic rings. The summed E-state index contributed by atoms with van der Waals surface area (Å²) in [6, 6.07) is 21.2. The third kappa shape index (κ3) is 4.59. The van der Waals surface area contributed by atoms with E-state index in [1.165, 1.54) is 12.1 Å². The van der Waals surface area contributed by atoms with Crippen LogP contribution in [0.5, 0.6) is 0 Å². The number of hydrogen-bond donors (Lipinski definition) is 0. The molecular formula is C26H18F3N3O2. The Morgan fingerprint density at radius 2 is 1.44 bits per heavy atom. The Balaban J connectivity index is 1.61. The fourth-order valence-electron chi connectivity index (χ4n) is 3.82. The molecule has 0 saturated carbocycles. The van der Waals surface area contributed by atoms with Crippen molar-refractivity contribution < 1.29 is 22.8 Å². The molecule has 4 rings (SSSR count). The Labute approximate surface area is 193 Å².